The van der Waals surface area contributed by atoms with Gasteiger partial charge in [-0.25, -0.2) is 9.48 Å². The van der Waals surface area contributed by atoms with Crippen LogP contribution in [0.25, 0.3) is 5.69 Å². The molecule has 1 unspecified atom stereocenters. The van der Waals surface area contributed by atoms with E-state index in [2.05, 4.69) is 28.0 Å². The summed E-state index contributed by atoms with van der Waals surface area (Å²) < 4.78 is 2.76. The van der Waals surface area contributed by atoms with Crippen molar-refractivity contribution in [2.24, 2.45) is 5.92 Å². The lowest BCUT2D eigenvalue weighted by Gasteiger charge is -2.22. The Morgan fingerprint density at radius 1 is 1.52 bits per heavy atom. The van der Waals surface area contributed by atoms with E-state index in [4.69, 9.17) is 0 Å². The van der Waals surface area contributed by atoms with E-state index in [0.29, 0.717) is 5.92 Å². The molecule has 0 bridgehead atoms. The second-order valence-electron chi connectivity index (χ2n) is 5.49. The molecule has 0 aliphatic heterocycles. The lowest BCUT2D eigenvalue weighted by atomic mass is 9.85. The first-order valence-corrected chi connectivity index (χ1v) is 7.99. The summed E-state index contributed by atoms with van der Waals surface area (Å²) in [4.78, 5) is 11.5. The van der Waals surface area contributed by atoms with Gasteiger partial charge in [0.2, 0.25) is 0 Å². The topological polar surface area (TPSA) is 55.1 Å². The van der Waals surface area contributed by atoms with Crippen LogP contribution in [0.4, 0.5) is 0 Å². The number of carboxylic acids is 1. The van der Waals surface area contributed by atoms with Gasteiger partial charge in [-0.05, 0) is 43.4 Å². The standard InChI is InChI=1S/C16H17BrN2O2/c1-2-10-6-7-14-13(8-10)15(16(20)21)18-19(14)12-5-3-4-11(17)9-12/h3-5,9-10H,2,6-8H2,1H3,(H,20,21). The van der Waals surface area contributed by atoms with E-state index in [0.717, 1.165) is 47.1 Å². The number of fused-ring (bicyclic) bond motifs is 1. The van der Waals surface area contributed by atoms with Crippen LogP contribution in [0, 0.1) is 5.92 Å². The average molecular weight is 349 g/mol. The second kappa shape index (κ2) is 5.64. The molecule has 1 heterocycles. The molecule has 2 aromatic rings. The molecule has 1 aliphatic rings. The number of rotatable bonds is 3. The van der Waals surface area contributed by atoms with Crippen LogP contribution < -0.4 is 0 Å². The van der Waals surface area contributed by atoms with Crippen LogP contribution in [0.3, 0.4) is 0 Å². The molecule has 110 valence electrons. The molecule has 0 amide bonds. The molecule has 0 spiro atoms. The number of hydrogen-bond donors (Lipinski definition) is 1. The lowest BCUT2D eigenvalue weighted by molar-refractivity contribution is 0.0688. The van der Waals surface area contributed by atoms with Gasteiger partial charge in [0, 0.05) is 15.7 Å². The van der Waals surface area contributed by atoms with E-state index in [1.54, 1.807) is 4.68 Å². The summed E-state index contributed by atoms with van der Waals surface area (Å²) >= 11 is 3.45. The van der Waals surface area contributed by atoms with Crippen LogP contribution in [-0.4, -0.2) is 20.9 Å². The molecule has 21 heavy (non-hydrogen) atoms. The third-order valence-corrected chi connectivity index (χ3v) is 4.70. The zero-order valence-electron chi connectivity index (χ0n) is 11.8. The van der Waals surface area contributed by atoms with Crippen LogP contribution in [0.15, 0.2) is 28.7 Å². The predicted molar refractivity (Wildman–Crippen MR) is 84.0 cm³/mol. The molecule has 4 nitrogen and oxygen atoms in total. The lowest BCUT2D eigenvalue weighted by Crippen LogP contribution is -2.16. The minimum atomic E-state index is -0.934. The van der Waals surface area contributed by atoms with Crippen LogP contribution in [0.5, 0.6) is 0 Å². The SMILES string of the molecule is CCC1CCc2c(c(C(=O)O)nn2-c2cccc(Br)c2)C1. The van der Waals surface area contributed by atoms with Gasteiger partial charge in [0.1, 0.15) is 0 Å². The molecule has 1 atom stereocenters. The van der Waals surface area contributed by atoms with Gasteiger partial charge in [0.15, 0.2) is 5.69 Å². The van der Waals surface area contributed by atoms with E-state index < -0.39 is 5.97 Å². The maximum absolute atomic E-state index is 11.5. The van der Waals surface area contributed by atoms with Gasteiger partial charge >= 0.3 is 5.97 Å². The molecular weight excluding hydrogens is 332 g/mol. The molecule has 0 saturated heterocycles. The number of nitrogens with zero attached hydrogens (tertiary/aromatic N) is 2. The van der Waals surface area contributed by atoms with E-state index in [1.165, 1.54) is 0 Å². The maximum atomic E-state index is 11.5. The maximum Gasteiger partial charge on any atom is 0.356 e. The summed E-state index contributed by atoms with van der Waals surface area (Å²) in [6.07, 6.45) is 3.89. The Bertz CT molecular complexity index is 694. The molecule has 1 aliphatic carbocycles. The van der Waals surface area contributed by atoms with Gasteiger partial charge in [-0.15, -0.1) is 0 Å². The van der Waals surface area contributed by atoms with Crippen molar-refractivity contribution in [3.05, 3.63) is 45.7 Å². The van der Waals surface area contributed by atoms with Crippen molar-refractivity contribution in [2.75, 3.05) is 0 Å². The van der Waals surface area contributed by atoms with Gasteiger partial charge in [-0.1, -0.05) is 35.3 Å². The van der Waals surface area contributed by atoms with Crippen LogP contribution in [-0.2, 0) is 12.8 Å². The van der Waals surface area contributed by atoms with E-state index in [9.17, 15) is 9.90 Å². The molecule has 1 aromatic heterocycles. The molecule has 1 aromatic carbocycles. The molecule has 0 fully saturated rings. The van der Waals surface area contributed by atoms with Crippen molar-refractivity contribution < 1.29 is 9.90 Å². The van der Waals surface area contributed by atoms with E-state index in [-0.39, 0.29) is 5.69 Å². The minimum Gasteiger partial charge on any atom is -0.476 e. The van der Waals surface area contributed by atoms with Crippen LogP contribution >= 0.6 is 15.9 Å². The third-order valence-electron chi connectivity index (χ3n) is 4.20. The molecule has 0 radical (unpaired) electrons. The number of benzene rings is 1. The minimum absolute atomic E-state index is 0.211. The summed E-state index contributed by atoms with van der Waals surface area (Å²) in [6.45, 7) is 2.16. The first-order valence-electron chi connectivity index (χ1n) is 7.20. The highest BCUT2D eigenvalue weighted by Gasteiger charge is 2.28. The number of aromatic carboxylic acids is 1. The summed E-state index contributed by atoms with van der Waals surface area (Å²) in [6, 6.07) is 7.80. The van der Waals surface area contributed by atoms with Crippen molar-refractivity contribution in [3.63, 3.8) is 0 Å². The highest BCUT2D eigenvalue weighted by atomic mass is 79.9. The number of hydrogen-bond acceptors (Lipinski definition) is 2. The first-order chi connectivity index (χ1) is 10.1. The highest BCUT2D eigenvalue weighted by molar-refractivity contribution is 9.10. The Morgan fingerprint density at radius 3 is 3.00 bits per heavy atom. The van der Waals surface area contributed by atoms with Crippen molar-refractivity contribution in [3.8, 4) is 5.69 Å². The normalized spacial score (nSPS) is 17.5. The van der Waals surface area contributed by atoms with Gasteiger partial charge < -0.3 is 5.11 Å². The number of carboxylic acid groups (broad SMARTS) is 1. The fraction of sp³-hybridized carbons (Fsp3) is 0.375. The Labute approximate surface area is 131 Å². The van der Waals surface area contributed by atoms with Gasteiger partial charge in [0.25, 0.3) is 0 Å². The number of aromatic nitrogens is 2. The largest absolute Gasteiger partial charge is 0.476 e. The zero-order chi connectivity index (χ0) is 15.0. The predicted octanol–water partition coefficient (Wildman–Crippen LogP) is 3.85. The van der Waals surface area contributed by atoms with E-state index in [1.807, 2.05) is 24.3 Å². The van der Waals surface area contributed by atoms with Crippen molar-refractivity contribution in [2.45, 2.75) is 32.6 Å². The van der Waals surface area contributed by atoms with Crippen molar-refractivity contribution in [1.82, 2.24) is 9.78 Å². The van der Waals surface area contributed by atoms with Crippen molar-refractivity contribution >= 4 is 21.9 Å². The highest BCUT2D eigenvalue weighted by Crippen LogP contribution is 2.31. The summed E-state index contributed by atoms with van der Waals surface area (Å²) in [7, 11) is 0. The summed E-state index contributed by atoms with van der Waals surface area (Å²) in [5, 5.41) is 13.8. The Balaban J connectivity index is 2.13. The monoisotopic (exact) mass is 348 g/mol. The summed E-state index contributed by atoms with van der Waals surface area (Å²) in [5.74, 6) is -0.368. The van der Waals surface area contributed by atoms with Gasteiger partial charge in [0.05, 0.1) is 5.69 Å². The van der Waals surface area contributed by atoms with Gasteiger partial charge in [-0.3, -0.25) is 0 Å². The molecule has 5 heteroatoms. The quantitative estimate of drug-likeness (QED) is 0.916. The average Bonchev–Trinajstić information content (AvgIpc) is 2.86. The molecule has 0 saturated carbocycles. The smallest absolute Gasteiger partial charge is 0.356 e. The third kappa shape index (κ3) is 2.62. The Morgan fingerprint density at radius 2 is 2.33 bits per heavy atom. The second-order valence-corrected chi connectivity index (χ2v) is 6.40. The Hall–Kier alpha value is -1.62. The zero-order valence-corrected chi connectivity index (χ0v) is 13.4. The van der Waals surface area contributed by atoms with Crippen LogP contribution in [0.2, 0.25) is 0 Å². The molecule has 1 N–H and O–H groups in total. The fourth-order valence-electron chi connectivity index (χ4n) is 3.03. The van der Waals surface area contributed by atoms with E-state index >= 15 is 0 Å². The molecular formula is C16H17BrN2O2. The summed E-state index contributed by atoms with van der Waals surface area (Å²) in [5.41, 5.74) is 3.09. The fourth-order valence-corrected chi connectivity index (χ4v) is 3.42. The number of halogens is 1. The first kappa shape index (κ1) is 14.3. The molecule has 3 rings (SSSR count). The van der Waals surface area contributed by atoms with Crippen LogP contribution in [0.1, 0.15) is 41.5 Å². The van der Waals surface area contributed by atoms with Crippen molar-refractivity contribution in [1.29, 1.82) is 0 Å². The van der Waals surface area contributed by atoms with Gasteiger partial charge in [-0.2, -0.15) is 5.10 Å². The Kier molecular flexibility index (Phi) is 3.85. The number of carbonyl (C=O) groups is 1.